The van der Waals surface area contributed by atoms with Crippen molar-refractivity contribution in [3.8, 4) is 0 Å². The monoisotopic (exact) mass is 313 g/mol. The molecule has 0 unspecified atom stereocenters. The fourth-order valence-electron chi connectivity index (χ4n) is 2.42. The molecule has 0 saturated carbocycles. The Morgan fingerprint density at radius 2 is 1.90 bits per heavy atom. The van der Waals surface area contributed by atoms with E-state index in [1.165, 1.54) is 32.1 Å². The lowest BCUT2D eigenvalue weighted by atomic mass is 10.1. The van der Waals surface area contributed by atoms with Crippen LogP contribution < -0.4 is 0 Å². The summed E-state index contributed by atoms with van der Waals surface area (Å²) >= 11 is 11.9. The Kier molecular flexibility index (Phi) is 6.11. The summed E-state index contributed by atoms with van der Waals surface area (Å²) in [4.78, 5) is 8.89. The molecule has 2 aromatic heterocycles. The zero-order chi connectivity index (χ0) is 14.4. The molecule has 0 N–H and O–H groups in total. The summed E-state index contributed by atoms with van der Waals surface area (Å²) in [7, 11) is 0. The quantitative estimate of drug-likeness (QED) is 0.496. The minimum Gasteiger partial charge on any atom is -0.312 e. The Morgan fingerprint density at radius 3 is 2.65 bits per heavy atom. The summed E-state index contributed by atoms with van der Waals surface area (Å²) < 4.78 is 2.12. The lowest BCUT2D eigenvalue weighted by Crippen LogP contribution is -2.03. The first-order valence-electron chi connectivity index (χ1n) is 7.33. The molecule has 2 rings (SSSR count). The van der Waals surface area contributed by atoms with Gasteiger partial charge in [0.05, 0.1) is 10.9 Å². The van der Waals surface area contributed by atoms with Gasteiger partial charge in [-0.25, -0.2) is 9.97 Å². The lowest BCUT2D eigenvalue weighted by Gasteiger charge is -2.07. The third-order valence-electron chi connectivity index (χ3n) is 3.49. The average molecular weight is 314 g/mol. The minimum atomic E-state index is 0.407. The normalized spacial score (nSPS) is 11.3. The van der Waals surface area contributed by atoms with Crippen molar-refractivity contribution in [3.63, 3.8) is 0 Å². The molecule has 0 bridgehead atoms. The third kappa shape index (κ3) is 3.86. The van der Waals surface area contributed by atoms with Crippen LogP contribution in [0.2, 0.25) is 5.02 Å². The van der Waals surface area contributed by atoms with Gasteiger partial charge in [-0.3, -0.25) is 0 Å². The number of aryl methyl sites for hydroxylation is 1. The van der Waals surface area contributed by atoms with Gasteiger partial charge in [0.15, 0.2) is 5.65 Å². The largest absolute Gasteiger partial charge is 0.312 e. The first-order chi connectivity index (χ1) is 9.76. The van der Waals surface area contributed by atoms with Gasteiger partial charge in [-0.2, -0.15) is 0 Å². The van der Waals surface area contributed by atoms with Crippen LogP contribution in [0.15, 0.2) is 12.3 Å². The minimum absolute atomic E-state index is 0.407. The second-order valence-electron chi connectivity index (χ2n) is 5.08. The highest BCUT2D eigenvalue weighted by Gasteiger charge is 2.11. The summed E-state index contributed by atoms with van der Waals surface area (Å²) in [6.45, 7) is 3.17. The number of hydrogen-bond donors (Lipinski definition) is 0. The molecular weight excluding hydrogens is 293 g/mol. The Balaban J connectivity index is 2.01. The smallest absolute Gasteiger partial charge is 0.160 e. The number of rotatable bonds is 8. The van der Waals surface area contributed by atoms with Gasteiger partial charge in [0.25, 0.3) is 0 Å². The number of hydrogen-bond acceptors (Lipinski definition) is 2. The molecule has 110 valence electrons. The second-order valence-corrected chi connectivity index (χ2v) is 5.78. The summed E-state index contributed by atoms with van der Waals surface area (Å²) in [5.41, 5.74) is 1.72. The topological polar surface area (TPSA) is 30.7 Å². The highest BCUT2D eigenvalue weighted by Crippen LogP contribution is 2.20. The summed E-state index contributed by atoms with van der Waals surface area (Å²) in [6, 6.07) is 1.84. The first-order valence-corrected chi connectivity index (χ1v) is 8.24. The fourth-order valence-corrected chi connectivity index (χ4v) is 2.78. The van der Waals surface area contributed by atoms with Gasteiger partial charge in [-0.1, -0.05) is 50.6 Å². The van der Waals surface area contributed by atoms with E-state index in [4.69, 9.17) is 23.2 Å². The lowest BCUT2D eigenvalue weighted by molar-refractivity contribution is 0.555. The van der Waals surface area contributed by atoms with Crippen LogP contribution in [-0.2, 0) is 12.4 Å². The van der Waals surface area contributed by atoms with Crippen LogP contribution in [0, 0.1) is 0 Å². The number of aromatic nitrogens is 3. The molecule has 0 atom stereocenters. The molecule has 0 amide bonds. The predicted octanol–water partition coefficient (Wildman–Crippen LogP) is 5.18. The first kappa shape index (κ1) is 15.6. The van der Waals surface area contributed by atoms with E-state index < -0.39 is 0 Å². The molecule has 2 aromatic rings. The van der Waals surface area contributed by atoms with E-state index in [1.807, 2.05) is 6.07 Å². The third-order valence-corrected chi connectivity index (χ3v) is 3.93. The van der Waals surface area contributed by atoms with Crippen LogP contribution in [0.4, 0.5) is 0 Å². The molecule has 3 nitrogen and oxygen atoms in total. The van der Waals surface area contributed by atoms with Crippen LogP contribution in [-0.4, -0.2) is 14.5 Å². The van der Waals surface area contributed by atoms with E-state index in [1.54, 1.807) is 6.20 Å². The fraction of sp³-hybridized carbons (Fsp3) is 0.600. The van der Waals surface area contributed by atoms with Gasteiger partial charge in [-0.05, 0) is 12.5 Å². The van der Waals surface area contributed by atoms with Gasteiger partial charge in [0.2, 0.25) is 0 Å². The number of nitrogens with zero attached hydrogens (tertiary/aromatic N) is 3. The van der Waals surface area contributed by atoms with E-state index in [9.17, 15) is 0 Å². The van der Waals surface area contributed by atoms with Gasteiger partial charge in [0, 0.05) is 12.7 Å². The number of fused-ring (bicyclic) bond motifs is 1. The van der Waals surface area contributed by atoms with Gasteiger partial charge >= 0.3 is 0 Å². The molecule has 0 aliphatic heterocycles. The maximum atomic E-state index is 5.98. The maximum Gasteiger partial charge on any atom is 0.160 e. The Morgan fingerprint density at radius 1 is 1.15 bits per heavy atom. The van der Waals surface area contributed by atoms with Crippen LogP contribution >= 0.6 is 23.2 Å². The summed E-state index contributed by atoms with van der Waals surface area (Å²) in [6.07, 6.45) is 9.31. The number of halogens is 2. The molecule has 5 heteroatoms. The summed E-state index contributed by atoms with van der Waals surface area (Å²) in [5, 5.41) is 0.614. The van der Waals surface area contributed by atoms with Crippen LogP contribution in [0.25, 0.3) is 11.2 Å². The molecule has 0 spiro atoms. The molecule has 0 saturated heterocycles. The van der Waals surface area contributed by atoms with E-state index in [0.29, 0.717) is 10.9 Å². The molecular formula is C15H21Cl2N3. The molecule has 0 aliphatic rings. The van der Waals surface area contributed by atoms with E-state index >= 15 is 0 Å². The van der Waals surface area contributed by atoms with E-state index in [-0.39, 0.29) is 0 Å². The molecule has 0 fully saturated rings. The van der Waals surface area contributed by atoms with Crippen LogP contribution in [0.1, 0.15) is 51.3 Å². The molecule has 20 heavy (non-hydrogen) atoms. The van der Waals surface area contributed by atoms with Crippen LogP contribution in [0.3, 0.4) is 0 Å². The van der Waals surface area contributed by atoms with E-state index in [0.717, 1.165) is 30.0 Å². The van der Waals surface area contributed by atoms with Crippen molar-refractivity contribution in [1.82, 2.24) is 14.5 Å². The van der Waals surface area contributed by atoms with Crippen molar-refractivity contribution in [2.75, 3.05) is 0 Å². The van der Waals surface area contributed by atoms with Crippen molar-refractivity contribution in [1.29, 1.82) is 0 Å². The van der Waals surface area contributed by atoms with E-state index in [2.05, 4.69) is 21.5 Å². The van der Waals surface area contributed by atoms with Crippen molar-refractivity contribution in [2.45, 2.75) is 57.9 Å². The number of pyridine rings is 1. The Bertz CT molecular complexity index is 551. The van der Waals surface area contributed by atoms with Gasteiger partial charge in [-0.15, -0.1) is 11.6 Å². The van der Waals surface area contributed by atoms with Crippen molar-refractivity contribution < 1.29 is 0 Å². The highest BCUT2D eigenvalue weighted by atomic mass is 35.5. The Labute approximate surface area is 130 Å². The molecule has 0 aliphatic carbocycles. The predicted molar refractivity (Wildman–Crippen MR) is 85.5 cm³/mol. The van der Waals surface area contributed by atoms with Crippen LogP contribution in [0.5, 0.6) is 0 Å². The second kappa shape index (κ2) is 7.84. The maximum absolute atomic E-state index is 5.98. The standard InChI is InChI=1S/C15H21Cl2N3/c1-2-3-4-5-6-7-8-20-14(10-16)19-13-9-12(17)11-18-15(13)20/h9,11H,2-8,10H2,1H3. The van der Waals surface area contributed by atoms with Crippen molar-refractivity contribution in [2.24, 2.45) is 0 Å². The van der Waals surface area contributed by atoms with Gasteiger partial charge in [0.1, 0.15) is 11.3 Å². The number of unbranched alkanes of at least 4 members (excludes halogenated alkanes) is 5. The summed E-state index contributed by atoms with van der Waals surface area (Å²) in [5.74, 6) is 1.29. The van der Waals surface area contributed by atoms with Crippen molar-refractivity contribution >= 4 is 34.4 Å². The molecule has 0 aromatic carbocycles. The SMILES string of the molecule is CCCCCCCCn1c(CCl)nc2cc(Cl)cnc21. The zero-order valence-electron chi connectivity index (χ0n) is 11.9. The van der Waals surface area contributed by atoms with Gasteiger partial charge < -0.3 is 4.57 Å². The van der Waals surface area contributed by atoms with Crippen molar-refractivity contribution in [3.05, 3.63) is 23.1 Å². The number of imidazole rings is 1. The average Bonchev–Trinajstić information content (AvgIpc) is 2.79. The Hall–Kier alpha value is -0.800. The number of alkyl halides is 1. The molecule has 0 radical (unpaired) electrons. The molecule has 2 heterocycles. The zero-order valence-corrected chi connectivity index (χ0v) is 13.4. The highest BCUT2D eigenvalue weighted by molar-refractivity contribution is 6.31.